The van der Waals surface area contributed by atoms with Crippen LogP contribution in [0.3, 0.4) is 0 Å². The van der Waals surface area contributed by atoms with Crippen LogP contribution in [0.2, 0.25) is 0 Å². The van der Waals surface area contributed by atoms with E-state index in [0.717, 1.165) is 43.6 Å². The van der Waals surface area contributed by atoms with Gasteiger partial charge in [0.25, 0.3) is 0 Å². The molecule has 19 heavy (non-hydrogen) atoms. The number of aromatic nitrogens is 3. The zero-order valence-electron chi connectivity index (χ0n) is 11.8. The molecule has 0 unspecified atom stereocenters. The second-order valence-electron chi connectivity index (χ2n) is 6.07. The Hall–Kier alpha value is -1.41. The third-order valence-electron chi connectivity index (χ3n) is 3.90. The predicted octanol–water partition coefficient (Wildman–Crippen LogP) is 1.71. The lowest BCUT2D eigenvalue weighted by molar-refractivity contribution is 0.188. The van der Waals surface area contributed by atoms with Gasteiger partial charge in [0.2, 0.25) is 0 Å². The molecule has 0 aromatic carbocycles. The van der Waals surface area contributed by atoms with E-state index in [1.165, 1.54) is 0 Å². The normalized spacial score (nSPS) is 16.6. The first-order valence-corrected chi connectivity index (χ1v) is 6.99. The van der Waals surface area contributed by atoms with Gasteiger partial charge < -0.3 is 5.11 Å². The van der Waals surface area contributed by atoms with Crippen LogP contribution in [0, 0.1) is 22.7 Å². The highest BCUT2D eigenvalue weighted by Crippen LogP contribution is 2.46. The quantitative estimate of drug-likeness (QED) is 0.811. The Morgan fingerprint density at radius 2 is 2.21 bits per heavy atom. The molecule has 0 radical (unpaired) electrons. The minimum Gasteiger partial charge on any atom is -0.396 e. The summed E-state index contributed by atoms with van der Waals surface area (Å²) in [6, 6.07) is 2.15. The van der Waals surface area contributed by atoms with E-state index in [-0.39, 0.29) is 12.0 Å². The van der Waals surface area contributed by atoms with Gasteiger partial charge in [-0.3, -0.25) is 0 Å². The summed E-state index contributed by atoms with van der Waals surface area (Å²) in [6.07, 6.45) is 4.40. The first kappa shape index (κ1) is 14.0. The molecule has 0 spiro atoms. The number of aliphatic hydroxyl groups excluding tert-OH is 1. The molecule has 0 saturated heterocycles. The van der Waals surface area contributed by atoms with Crippen molar-refractivity contribution in [2.45, 2.75) is 52.5 Å². The number of aliphatic hydroxyl groups is 1. The smallest absolute Gasteiger partial charge is 0.0999 e. The van der Waals surface area contributed by atoms with E-state index in [1.807, 2.05) is 4.68 Å². The standard InChI is InChI=1S/C14H22N4O/c1-11(2)3-4-13-12(5-8-15)16-17-18(13)9-14(10-19)6-7-14/h11,19H,3-7,9-10H2,1-2H3. The molecule has 1 aromatic heterocycles. The van der Waals surface area contributed by atoms with Crippen molar-refractivity contribution in [3.05, 3.63) is 11.4 Å². The fraction of sp³-hybridized carbons (Fsp3) is 0.786. The molecular weight excluding hydrogens is 240 g/mol. The number of hydrogen-bond donors (Lipinski definition) is 1. The molecule has 1 saturated carbocycles. The Bertz CT molecular complexity index is 468. The van der Waals surface area contributed by atoms with Crippen molar-refractivity contribution in [1.29, 1.82) is 5.26 Å². The van der Waals surface area contributed by atoms with Gasteiger partial charge in [0.15, 0.2) is 0 Å². The van der Waals surface area contributed by atoms with E-state index in [1.54, 1.807) is 0 Å². The van der Waals surface area contributed by atoms with E-state index < -0.39 is 0 Å². The van der Waals surface area contributed by atoms with E-state index in [0.29, 0.717) is 12.3 Å². The van der Waals surface area contributed by atoms with Crippen molar-refractivity contribution in [1.82, 2.24) is 15.0 Å². The molecule has 104 valence electrons. The minimum absolute atomic E-state index is 0.0180. The summed E-state index contributed by atoms with van der Waals surface area (Å²) in [4.78, 5) is 0. The summed E-state index contributed by atoms with van der Waals surface area (Å²) in [7, 11) is 0. The van der Waals surface area contributed by atoms with E-state index in [9.17, 15) is 5.11 Å². The lowest BCUT2D eigenvalue weighted by Crippen LogP contribution is -2.19. The molecule has 2 rings (SSSR count). The maximum Gasteiger partial charge on any atom is 0.0999 e. The first-order valence-electron chi connectivity index (χ1n) is 6.99. The molecule has 1 aliphatic carbocycles. The number of rotatable bonds is 7. The molecule has 1 heterocycles. The highest BCUT2D eigenvalue weighted by atomic mass is 16.3. The molecule has 5 heteroatoms. The van der Waals surface area contributed by atoms with Crippen LogP contribution in [0.1, 0.15) is 44.5 Å². The molecule has 0 amide bonds. The predicted molar refractivity (Wildman–Crippen MR) is 71.3 cm³/mol. The Balaban J connectivity index is 2.15. The Kier molecular flexibility index (Phi) is 4.20. The van der Waals surface area contributed by atoms with Crippen LogP contribution < -0.4 is 0 Å². The van der Waals surface area contributed by atoms with Crippen molar-refractivity contribution in [3.63, 3.8) is 0 Å². The van der Waals surface area contributed by atoms with Crippen LogP contribution in [-0.4, -0.2) is 26.7 Å². The summed E-state index contributed by atoms with van der Waals surface area (Å²) in [5.74, 6) is 0.617. The van der Waals surface area contributed by atoms with Gasteiger partial charge in [-0.25, -0.2) is 4.68 Å². The van der Waals surface area contributed by atoms with Crippen molar-refractivity contribution in [2.75, 3.05) is 6.61 Å². The first-order chi connectivity index (χ1) is 9.10. The average molecular weight is 262 g/mol. The van der Waals surface area contributed by atoms with Gasteiger partial charge in [-0.05, 0) is 31.6 Å². The van der Waals surface area contributed by atoms with Crippen molar-refractivity contribution >= 4 is 0 Å². The second-order valence-corrected chi connectivity index (χ2v) is 6.07. The maximum absolute atomic E-state index is 9.42. The molecule has 1 aliphatic rings. The molecule has 1 fully saturated rings. The topological polar surface area (TPSA) is 74.7 Å². The zero-order chi connectivity index (χ0) is 13.9. The second kappa shape index (κ2) is 5.70. The Morgan fingerprint density at radius 3 is 2.74 bits per heavy atom. The van der Waals surface area contributed by atoms with E-state index >= 15 is 0 Å². The zero-order valence-corrected chi connectivity index (χ0v) is 11.8. The highest BCUT2D eigenvalue weighted by Gasteiger charge is 2.43. The molecule has 1 N–H and O–H groups in total. The van der Waals surface area contributed by atoms with E-state index in [4.69, 9.17) is 5.26 Å². The summed E-state index contributed by atoms with van der Waals surface area (Å²) in [6.45, 7) is 5.32. The fourth-order valence-electron chi connectivity index (χ4n) is 2.27. The van der Waals surface area contributed by atoms with Gasteiger partial charge >= 0.3 is 0 Å². The van der Waals surface area contributed by atoms with Crippen LogP contribution >= 0.6 is 0 Å². The van der Waals surface area contributed by atoms with Crippen molar-refractivity contribution in [2.24, 2.45) is 11.3 Å². The summed E-state index contributed by atoms with van der Waals surface area (Å²) >= 11 is 0. The third-order valence-corrected chi connectivity index (χ3v) is 3.90. The monoisotopic (exact) mass is 262 g/mol. The number of hydrogen-bond acceptors (Lipinski definition) is 4. The third kappa shape index (κ3) is 3.32. The summed E-state index contributed by atoms with van der Waals surface area (Å²) in [5, 5.41) is 26.6. The van der Waals surface area contributed by atoms with Gasteiger partial charge in [-0.1, -0.05) is 19.1 Å². The van der Waals surface area contributed by atoms with Crippen LogP contribution in [-0.2, 0) is 19.4 Å². The summed E-state index contributed by atoms with van der Waals surface area (Å²) < 4.78 is 1.91. The van der Waals surface area contributed by atoms with Crippen molar-refractivity contribution in [3.8, 4) is 6.07 Å². The lowest BCUT2D eigenvalue weighted by Gasteiger charge is -2.14. The Morgan fingerprint density at radius 1 is 1.47 bits per heavy atom. The van der Waals surface area contributed by atoms with Crippen molar-refractivity contribution < 1.29 is 5.11 Å². The molecule has 0 bridgehead atoms. The van der Waals surface area contributed by atoms with Crippen LogP contribution in [0.5, 0.6) is 0 Å². The molecule has 1 aromatic rings. The largest absolute Gasteiger partial charge is 0.396 e. The SMILES string of the molecule is CC(C)CCc1c(CC#N)nnn1CC1(CO)CC1. The molecule has 0 aliphatic heterocycles. The minimum atomic E-state index is 0.0180. The molecular formula is C14H22N4O. The summed E-state index contributed by atoms with van der Waals surface area (Å²) in [5.41, 5.74) is 1.90. The fourth-order valence-corrected chi connectivity index (χ4v) is 2.27. The molecule has 0 atom stereocenters. The Labute approximate surface area is 114 Å². The van der Waals surface area contributed by atoms with Crippen LogP contribution in [0.25, 0.3) is 0 Å². The number of nitriles is 1. The maximum atomic E-state index is 9.42. The highest BCUT2D eigenvalue weighted by molar-refractivity contribution is 5.15. The van der Waals surface area contributed by atoms with Crippen LogP contribution in [0.15, 0.2) is 0 Å². The van der Waals surface area contributed by atoms with Gasteiger partial charge in [-0.15, -0.1) is 5.10 Å². The van der Waals surface area contributed by atoms with Gasteiger partial charge in [0.05, 0.1) is 37.0 Å². The number of nitrogens with zero attached hydrogens (tertiary/aromatic N) is 4. The lowest BCUT2D eigenvalue weighted by atomic mass is 10.0. The van der Waals surface area contributed by atoms with Crippen LogP contribution in [0.4, 0.5) is 0 Å². The van der Waals surface area contributed by atoms with Gasteiger partial charge in [-0.2, -0.15) is 5.26 Å². The van der Waals surface area contributed by atoms with E-state index in [2.05, 4.69) is 30.2 Å². The average Bonchev–Trinajstić information content (AvgIpc) is 3.05. The molecule has 5 nitrogen and oxygen atoms in total. The van der Waals surface area contributed by atoms with Gasteiger partial charge in [0, 0.05) is 5.41 Å². The van der Waals surface area contributed by atoms with Gasteiger partial charge in [0.1, 0.15) is 0 Å².